The highest BCUT2D eigenvalue weighted by Gasteiger charge is 2.21. The summed E-state index contributed by atoms with van der Waals surface area (Å²) in [4.78, 5) is 21.4. The first-order valence-corrected chi connectivity index (χ1v) is 10.7. The SMILES string of the molecule is O=C(/C=C/C1=CC2C=C(F)C=CC2N=C1)CCCCc1ccc2c(n1)CCCC2. The number of pyridine rings is 1. The number of nitrogens with zero attached hydrogens (tertiary/aromatic N) is 2. The van der Waals surface area contributed by atoms with Crippen molar-refractivity contribution in [2.75, 3.05) is 0 Å². The first kappa shape index (κ1) is 19.7. The fraction of sp³-hybridized carbons (Fsp3) is 0.400. The molecule has 0 N–H and O–H groups in total. The summed E-state index contributed by atoms with van der Waals surface area (Å²) in [6.07, 6.45) is 20.0. The Morgan fingerprint density at radius 1 is 1.17 bits per heavy atom. The molecule has 4 rings (SSSR count). The number of dihydropyridines is 1. The van der Waals surface area contributed by atoms with Crippen LogP contribution in [0.3, 0.4) is 0 Å². The van der Waals surface area contributed by atoms with Gasteiger partial charge in [-0.1, -0.05) is 24.3 Å². The van der Waals surface area contributed by atoms with Gasteiger partial charge >= 0.3 is 0 Å². The molecule has 2 aliphatic carbocycles. The van der Waals surface area contributed by atoms with Gasteiger partial charge in [-0.3, -0.25) is 14.8 Å². The summed E-state index contributed by atoms with van der Waals surface area (Å²) in [5.41, 5.74) is 4.70. The van der Waals surface area contributed by atoms with Crippen LogP contribution in [0.4, 0.5) is 4.39 Å². The van der Waals surface area contributed by atoms with E-state index in [-0.39, 0.29) is 23.6 Å². The molecular formula is C25H27FN2O. The summed E-state index contributed by atoms with van der Waals surface area (Å²) < 4.78 is 13.4. The van der Waals surface area contributed by atoms with Gasteiger partial charge < -0.3 is 0 Å². The monoisotopic (exact) mass is 390 g/mol. The van der Waals surface area contributed by atoms with Crippen LogP contribution in [-0.4, -0.2) is 23.0 Å². The minimum absolute atomic E-state index is 0.0282. The summed E-state index contributed by atoms with van der Waals surface area (Å²) in [5, 5.41) is 0. The molecule has 4 heteroatoms. The first-order valence-electron chi connectivity index (χ1n) is 10.7. The number of carbonyl (C=O) groups excluding carboxylic acids is 1. The van der Waals surface area contributed by atoms with Gasteiger partial charge in [-0.05, 0) is 80.4 Å². The van der Waals surface area contributed by atoms with Crippen molar-refractivity contribution in [3.63, 3.8) is 0 Å². The summed E-state index contributed by atoms with van der Waals surface area (Å²) in [7, 11) is 0. The van der Waals surface area contributed by atoms with Gasteiger partial charge in [0.05, 0.1) is 6.04 Å². The van der Waals surface area contributed by atoms with E-state index in [0.29, 0.717) is 6.42 Å². The second kappa shape index (κ2) is 9.25. The summed E-state index contributed by atoms with van der Waals surface area (Å²) in [6, 6.07) is 4.35. The molecule has 1 aromatic heterocycles. The summed E-state index contributed by atoms with van der Waals surface area (Å²) in [6.45, 7) is 0. The van der Waals surface area contributed by atoms with Gasteiger partial charge in [-0.15, -0.1) is 0 Å². The highest BCUT2D eigenvalue weighted by atomic mass is 19.1. The van der Waals surface area contributed by atoms with Crippen molar-refractivity contribution in [3.05, 3.63) is 76.9 Å². The third kappa shape index (κ3) is 5.26. The van der Waals surface area contributed by atoms with Crippen LogP contribution in [-0.2, 0) is 24.1 Å². The zero-order valence-corrected chi connectivity index (χ0v) is 16.7. The van der Waals surface area contributed by atoms with Gasteiger partial charge in [0.2, 0.25) is 0 Å². The molecule has 29 heavy (non-hydrogen) atoms. The van der Waals surface area contributed by atoms with Crippen LogP contribution in [0, 0.1) is 5.92 Å². The van der Waals surface area contributed by atoms with Crippen LogP contribution in [0.1, 0.15) is 49.1 Å². The Bertz CT molecular complexity index is 923. The minimum atomic E-state index is -0.229. The van der Waals surface area contributed by atoms with E-state index in [1.54, 1.807) is 30.5 Å². The molecule has 0 bridgehead atoms. The second-order valence-electron chi connectivity index (χ2n) is 8.05. The quantitative estimate of drug-likeness (QED) is 0.473. The highest BCUT2D eigenvalue weighted by Crippen LogP contribution is 2.26. The number of carbonyl (C=O) groups is 1. The number of aliphatic imine (C=N–C) groups is 1. The van der Waals surface area contributed by atoms with Crippen LogP contribution in [0.5, 0.6) is 0 Å². The Morgan fingerprint density at radius 2 is 2.07 bits per heavy atom. The van der Waals surface area contributed by atoms with E-state index in [4.69, 9.17) is 4.98 Å². The molecule has 150 valence electrons. The lowest BCUT2D eigenvalue weighted by molar-refractivity contribution is -0.114. The Balaban J connectivity index is 1.21. The fourth-order valence-corrected chi connectivity index (χ4v) is 4.13. The van der Waals surface area contributed by atoms with Crippen molar-refractivity contribution in [1.29, 1.82) is 0 Å². The Kier molecular flexibility index (Phi) is 6.28. The van der Waals surface area contributed by atoms with Crippen LogP contribution in [0.2, 0.25) is 0 Å². The largest absolute Gasteiger partial charge is 0.295 e. The Labute approximate surface area is 171 Å². The molecule has 2 heterocycles. The molecule has 0 fully saturated rings. The highest BCUT2D eigenvalue weighted by molar-refractivity contribution is 5.93. The number of hydrogen-bond acceptors (Lipinski definition) is 3. The van der Waals surface area contributed by atoms with Gasteiger partial charge in [0.25, 0.3) is 0 Å². The zero-order chi connectivity index (χ0) is 20.1. The normalized spacial score (nSPS) is 22.8. The number of aromatic nitrogens is 1. The molecule has 2 unspecified atom stereocenters. The maximum absolute atomic E-state index is 13.4. The summed E-state index contributed by atoms with van der Waals surface area (Å²) >= 11 is 0. The van der Waals surface area contributed by atoms with E-state index in [9.17, 15) is 9.18 Å². The smallest absolute Gasteiger partial charge is 0.155 e. The van der Waals surface area contributed by atoms with Gasteiger partial charge in [0.1, 0.15) is 5.83 Å². The first-order chi connectivity index (χ1) is 14.2. The number of ketones is 1. The van der Waals surface area contributed by atoms with Crippen LogP contribution in [0.25, 0.3) is 0 Å². The van der Waals surface area contributed by atoms with Gasteiger partial charge in [0, 0.05) is 29.9 Å². The average Bonchev–Trinajstić information content (AvgIpc) is 2.75. The number of allylic oxidation sites excluding steroid dienone is 5. The maximum atomic E-state index is 13.4. The van der Waals surface area contributed by atoms with Crippen molar-refractivity contribution in [3.8, 4) is 0 Å². The molecule has 0 amide bonds. The molecule has 3 nitrogen and oxygen atoms in total. The fourth-order valence-electron chi connectivity index (χ4n) is 4.13. The maximum Gasteiger partial charge on any atom is 0.155 e. The number of hydrogen-bond donors (Lipinski definition) is 0. The standard InChI is InChI=1S/C25H27FN2O/c26-21-11-14-24-20(16-21)15-18(17-27-24)9-13-23(29)7-3-2-6-22-12-10-19-5-1-4-8-25(19)28-22/h9-17,20,24H,1-8H2/b13-9+. The summed E-state index contributed by atoms with van der Waals surface area (Å²) in [5.74, 6) is -0.179. The average molecular weight is 391 g/mol. The van der Waals surface area contributed by atoms with Gasteiger partial charge in [-0.2, -0.15) is 0 Å². The Hall–Kier alpha value is -2.62. The van der Waals surface area contributed by atoms with Crippen LogP contribution >= 0.6 is 0 Å². The van der Waals surface area contributed by atoms with Crippen LogP contribution in [0.15, 0.2) is 65.0 Å². The van der Waals surface area contributed by atoms with E-state index in [0.717, 1.165) is 43.4 Å². The predicted molar refractivity (Wildman–Crippen MR) is 115 cm³/mol. The molecule has 1 aliphatic heterocycles. The molecule has 0 spiro atoms. The van der Waals surface area contributed by atoms with E-state index in [1.807, 2.05) is 6.08 Å². The van der Waals surface area contributed by atoms with E-state index >= 15 is 0 Å². The number of fused-ring (bicyclic) bond motifs is 2. The lowest BCUT2D eigenvalue weighted by atomic mass is 9.91. The van der Waals surface area contributed by atoms with Crippen molar-refractivity contribution in [2.24, 2.45) is 10.9 Å². The van der Waals surface area contributed by atoms with Crippen molar-refractivity contribution in [2.45, 2.75) is 57.4 Å². The number of unbranched alkanes of at least 4 members (excludes halogenated alkanes) is 1. The lowest BCUT2D eigenvalue weighted by Gasteiger charge is -2.21. The number of halogens is 1. The molecule has 3 aliphatic rings. The van der Waals surface area contributed by atoms with E-state index in [2.05, 4.69) is 17.1 Å². The predicted octanol–water partition coefficient (Wildman–Crippen LogP) is 5.22. The van der Waals surface area contributed by atoms with E-state index < -0.39 is 0 Å². The molecular weight excluding hydrogens is 363 g/mol. The number of aryl methyl sites for hydroxylation is 3. The third-order valence-electron chi connectivity index (χ3n) is 5.78. The van der Waals surface area contributed by atoms with Crippen molar-refractivity contribution >= 4 is 12.0 Å². The van der Waals surface area contributed by atoms with Gasteiger partial charge in [0.15, 0.2) is 5.78 Å². The molecule has 1 aromatic rings. The molecule has 2 atom stereocenters. The van der Waals surface area contributed by atoms with E-state index in [1.165, 1.54) is 30.2 Å². The molecule has 0 saturated carbocycles. The molecule has 0 saturated heterocycles. The van der Waals surface area contributed by atoms with Crippen molar-refractivity contribution in [1.82, 2.24) is 4.98 Å². The molecule has 0 aromatic carbocycles. The minimum Gasteiger partial charge on any atom is -0.295 e. The Morgan fingerprint density at radius 3 is 3.00 bits per heavy atom. The van der Waals surface area contributed by atoms with Crippen LogP contribution < -0.4 is 0 Å². The van der Waals surface area contributed by atoms with Crippen molar-refractivity contribution < 1.29 is 9.18 Å². The topological polar surface area (TPSA) is 42.3 Å². The number of rotatable bonds is 7. The van der Waals surface area contributed by atoms with Gasteiger partial charge in [-0.25, -0.2) is 4.39 Å². The lowest BCUT2D eigenvalue weighted by Crippen LogP contribution is -2.19. The molecule has 0 radical (unpaired) electrons. The third-order valence-corrected chi connectivity index (χ3v) is 5.78. The second-order valence-corrected chi connectivity index (χ2v) is 8.05. The zero-order valence-electron chi connectivity index (χ0n) is 16.7.